The van der Waals surface area contributed by atoms with Crippen molar-refractivity contribution in [2.45, 2.75) is 53.0 Å². The van der Waals surface area contributed by atoms with E-state index in [0.717, 1.165) is 22.3 Å². The van der Waals surface area contributed by atoms with Gasteiger partial charge >= 0.3 is 5.97 Å². The maximum atomic E-state index is 12.5. The summed E-state index contributed by atoms with van der Waals surface area (Å²) in [5.41, 5.74) is 4.18. The molecule has 1 N–H and O–H groups in total. The lowest BCUT2D eigenvalue weighted by Gasteiger charge is -2.18. The van der Waals surface area contributed by atoms with Gasteiger partial charge in [0.15, 0.2) is 5.78 Å². The summed E-state index contributed by atoms with van der Waals surface area (Å²) in [6.07, 6.45) is 0. The van der Waals surface area contributed by atoms with Crippen LogP contribution in [0.15, 0.2) is 35.2 Å². The minimum atomic E-state index is -3.62. The summed E-state index contributed by atoms with van der Waals surface area (Å²) in [5, 5.41) is 2.48. The Morgan fingerprint density at radius 2 is 1.56 bits per heavy atom. The second kappa shape index (κ2) is 11.4. The average molecular weight is 489 g/mol. The molecule has 9 heteroatoms. The van der Waals surface area contributed by atoms with Gasteiger partial charge in [-0.3, -0.25) is 14.4 Å². The van der Waals surface area contributed by atoms with Crippen molar-refractivity contribution in [2.24, 2.45) is 0 Å². The molecule has 8 nitrogen and oxygen atoms in total. The van der Waals surface area contributed by atoms with Crippen molar-refractivity contribution in [2.75, 3.05) is 19.6 Å². The van der Waals surface area contributed by atoms with Crippen molar-refractivity contribution < 1.29 is 27.5 Å². The lowest BCUT2D eigenvalue weighted by molar-refractivity contribution is -0.143. The Labute approximate surface area is 201 Å². The summed E-state index contributed by atoms with van der Waals surface area (Å²) in [6.45, 7) is 10.9. The number of benzene rings is 2. The Balaban J connectivity index is 1.99. The molecule has 184 valence electrons. The topological polar surface area (TPSA) is 110 Å². The number of hydrogen-bond acceptors (Lipinski definition) is 6. The Bertz CT molecular complexity index is 1180. The van der Waals surface area contributed by atoms with Gasteiger partial charge in [0, 0.05) is 24.2 Å². The zero-order chi connectivity index (χ0) is 25.6. The van der Waals surface area contributed by atoms with Crippen LogP contribution in [0, 0.1) is 20.8 Å². The summed E-state index contributed by atoms with van der Waals surface area (Å²) in [7, 11) is -3.62. The van der Waals surface area contributed by atoms with Gasteiger partial charge in [-0.25, -0.2) is 8.42 Å². The molecule has 0 aliphatic heterocycles. The van der Waals surface area contributed by atoms with Gasteiger partial charge in [0.05, 0.1) is 4.90 Å². The van der Waals surface area contributed by atoms with Crippen LogP contribution in [0.5, 0.6) is 0 Å². The van der Waals surface area contributed by atoms with E-state index in [2.05, 4.69) is 5.32 Å². The third-order valence-electron chi connectivity index (χ3n) is 5.71. The van der Waals surface area contributed by atoms with E-state index in [1.54, 1.807) is 13.8 Å². The van der Waals surface area contributed by atoms with Gasteiger partial charge in [0.25, 0.3) is 5.91 Å². The van der Waals surface area contributed by atoms with E-state index in [9.17, 15) is 22.8 Å². The van der Waals surface area contributed by atoms with Crippen molar-refractivity contribution in [1.29, 1.82) is 0 Å². The van der Waals surface area contributed by atoms with Crippen LogP contribution in [-0.2, 0) is 26.2 Å². The summed E-state index contributed by atoms with van der Waals surface area (Å²) in [4.78, 5) is 36.6. The molecule has 2 aromatic carbocycles. The van der Waals surface area contributed by atoms with E-state index >= 15 is 0 Å². The molecule has 0 heterocycles. The molecule has 34 heavy (non-hydrogen) atoms. The van der Waals surface area contributed by atoms with Crippen LogP contribution in [0.3, 0.4) is 0 Å². The highest BCUT2D eigenvalue weighted by Crippen LogP contribution is 2.23. The van der Waals surface area contributed by atoms with E-state index in [4.69, 9.17) is 4.74 Å². The highest BCUT2D eigenvalue weighted by molar-refractivity contribution is 7.89. The number of nitrogens with zero attached hydrogens (tertiary/aromatic N) is 1. The van der Waals surface area contributed by atoms with Crippen molar-refractivity contribution in [1.82, 2.24) is 9.62 Å². The second-order valence-corrected chi connectivity index (χ2v) is 9.94. The molecule has 2 rings (SSSR count). The fourth-order valence-corrected chi connectivity index (χ4v) is 5.40. The van der Waals surface area contributed by atoms with Crippen molar-refractivity contribution >= 4 is 27.7 Å². The van der Waals surface area contributed by atoms with Gasteiger partial charge in [0.2, 0.25) is 10.0 Å². The van der Waals surface area contributed by atoms with Gasteiger partial charge in [-0.05, 0) is 74.2 Å². The van der Waals surface area contributed by atoms with E-state index in [1.165, 1.54) is 35.5 Å². The van der Waals surface area contributed by atoms with Gasteiger partial charge in [-0.15, -0.1) is 0 Å². The number of aryl methyl sites for hydroxylation is 2. The third kappa shape index (κ3) is 6.09. The molecule has 2 aromatic rings. The van der Waals surface area contributed by atoms with E-state index in [1.807, 2.05) is 26.8 Å². The number of rotatable bonds is 10. The van der Waals surface area contributed by atoms with Gasteiger partial charge < -0.3 is 10.1 Å². The molecule has 0 saturated carbocycles. The molecule has 1 amide bonds. The predicted molar refractivity (Wildman–Crippen MR) is 129 cm³/mol. The van der Waals surface area contributed by atoms with Gasteiger partial charge in [0.1, 0.15) is 13.2 Å². The lowest BCUT2D eigenvalue weighted by Crippen LogP contribution is -2.31. The molecule has 0 radical (unpaired) electrons. The smallest absolute Gasteiger partial charge is 0.325 e. The van der Waals surface area contributed by atoms with Crippen LogP contribution in [0.25, 0.3) is 0 Å². The first-order valence-corrected chi connectivity index (χ1v) is 12.5. The van der Waals surface area contributed by atoms with E-state index < -0.39 is 21.9 Å². The molecule has 0 saturated heterocycles. The molecular weight excluding hydrogens is 456 g/mol. The largest absolute Gasteiger partial charge is 0.459 e. The lowest BCUT2D eigenvalue weighted by atomic mass is 9.92. The summed E-state index contributed by atoms with van der Waals surface area (Å²) in [6, 6.07) is 7.43. The predicted octanol–water partition coefficient (Wildman–Crippen LogP) is 3.32. The first kappa shape index (κ1) is 27.2. The molecule has 0 aliphatic carbocycles. The first-order chi connectivity index (χ1) is 15.9. The van der Waals surface area contributed by atoms with Gasteiger partial charge in [-0.1, -0.05) is 19.9 Å². The first-order valence-electron chi connectivity index (χ1n) is 11.1. The number of amides is 1. The monoisotopic (exact) mass is 488 g/mol. The fourth-order valence-electron chi connectivity index (χ4n) is 3.94. The average Bonchev–Trinajstić information content (AvgIpc) is 2.77. The van der Waals surface area contributed by atoms with Crippen LogP contribution in [-0.4, -0.2) is 50.0 Å². The molecule has 0 aromatic heterocycles. The van der Waals surface area contributed by atoms with E-state index in [0.29, 0.717) is 18.7 Å². The maximum Gasteiger partial charge on any atom is 0.325 e. The number of ether oxygens (including phenoxy) is 1. The number of carbonyl (C=O) groups is 3. The molecule has 0 aliphatic rings. The van der Waals surface area contributed by atoms with Crippen LogP contribution in [0.2, 0.25) is 0 Å². The second-order valence-electron chi connectivity index (χ2n) is 8.00. The number of ketones is 1. The molecule has 0 unspecified atom stereocenters. The molecule has 0 spiro atoms. The zero-order valence-electron chi connectivity index (χ0n) is 20.5. The van der Waals surface area contributed by atoms with Crippen LogP contribution >= 0.6 is 0 Å². The normalized spacial score (nSPS) is 11.4. The highest BCUT2D eigenvalue weighted by Gasteiger charge is 2.22. The standard InChI is InChI=1S/C25H32N2O6S/c1-7-27(8-2)34(31,32)21-11-9-20(10-12-21)25(30)26-14-23(29)33-15-22-16(3)13-17(4)24(18(22)5)19(6)28/h9-13H,7-8,14-15H2,1-6H3,(H,26,30). The van der Waals surface area contributed by atoms with Gasteiger partial charge in [-0.2, -0.15) is 4.31 Å². The Morgan fingerprint density at radius 1 is 0.971 bits per heavy atom. The number of Topliss-reactive ketones (excluding diaryl/α,β-unsaturated/α-hetero) is 1. The number of carbonyl (C=O) groups excluding carboxylic acids is 3. The minimum absolute atomic E-state index is 0.00908. The molecule has 0 atom stereocenters. The number of nitrogens with one attached hydrogen (secondary N) is 1. The number of hydrogen-bond donors (Lipinski definition) is 1. The van der Waals surface area contributed by atoms with Crippen LogP contribution in [0.1, 0.15) is 63.7 Å². The molecule has 0 fully saturated rings. The quantitative estimate of drug-likeness (QED) is 0.406. The third-order valence-corrected chi connectivity index (χ3v) is 7.78. The maximum absolute atomic E-state index is 12.5. The highest BCUT2D eigenvalue weighted by atomic mass is 32.2. The Kier molecular flexibility index (Phi) is 9.12. The number of esters is 1. The van der Waals surface area contributed by atoms with Crippen molar-refractivity contribution in [3.8, 4) is 0 Å². The van der Waals surface area contributed by atoms with Crippen LogP contribution < -0.4 is 5.32 Å². The fraction of sp³-hybridized carbons (Fsp3) is 0.400. The minimum Gasteiger partial charge on any atom is -0.459 e. The Morgan fingerprint density at radius 3 is 2.09 bits per heavy atom. The Hall–Kier alpha value is -3.04. The van der Waals surface area contributed by atoms with Crippen molar-refractivity contribution in [3.63, 3.8) is 0 Å². The summed E-state index contributed by atoms with van der Waals surface area (Å²) < 4.78 is 31.7. The summed E-state index contributed by atoms with van der Waals surface area (Å²) >= 11 is 0. The molecular formula is C25H32N2O6S. The van der Waals surface area contributed by atoms with E-state index in [-0.39, 0.29) is 29.4 Å². The van der Waals surface area contributed by atoms with Crippen LogP contribution in [0.4, 0.5) is 0 Å². The SMILES string of the molecule is CCN(CC)S(=O)(=O)c1ccc(C(=O)NCC(=O)OCc2c(C)cc(C)c(C(C)=O)c2C)cc1. The summed E-state index contributed by atoms with van der Waals surface area (Å²) in [5.74, 6) is -1.20. The number of sulfonamides is 1. The molecule has 0 bridgehead atoms. The zero-order valence-corrected chi connectivity index (χ0v) is 21.3. The van der Waals surface area contributed by atoms with Crippen molar-refractivity contribution in [3.05, 3.63) is 63.7 Å².